The zero-order valence-electron chi connectivity index (χ0n) is 8.64. The van der Waals surface area contributed by atoms with E-state index in [0.29, 0.717) is 6.04 Å². The third-order valence-electron chi connectivity index (χ3n) is 2.07. The van der Waals surface area contributed by atoms with Crippen molar-refractivity contribution < 1.29 is 5.11 Å². The minimum Gasteiger partial charge on any atom is -0.395 e. The summed E-state index contributed by atoms with van der Waals surface area (Å²) in [5.41, 5.74) is 0. The summed E-state index contributed by atoms with van der Waals surface area (Å²) in [4.78, 5) is 0. The molecular weight excluding hydrogens is 150 g/mol. The molecule has 0 heterocycles. The first kappa shape index (κ1) is 11.9. The monoisotopic (exact) mass is 173 g/mol. The molecule has 0 unspecified atom stereocenters. The van der Waals surface area contributed by atoms with Crippen LogP contribution in [-0.2, 0) is 0 Å². The Morgan fingerprint density at radius 2 is 1.67 bits per heavy atom. The Hall–Kier alpha value is -0.0800. The van der Waals surface area contributed by atoms with E-state index >= 15 is 0 Å². The molecule has 0 saturated carbocycles. The van der Waals surface area contributed by atoms with Crippen molar-refractivity contribution in [3.63, 3.8) is 0 Å². The van der Waals surface area contributed by atoms with Gasteiger partial charge in [0.2, 0.25) is 0 Å². The molecule has 2 N–H and O–H groups in total. The topological polar surface area (TPSA) is 32.3 Å². The maximum atomic E-state index is 8.86. The van der Waals surface area contributed by atoms with Crippen LogP contribution >= 0.6 is 0 Å². The first-order chi connectivity index (χ1) is 5.74. The summed E-state index contributed by atoms with van der Waals surface area (Å²) in [6.45, 7) is 6.67. The molecule has 0 fully saturated rings. The Morgan fingerprint density at radius 1 is 1.17 bits per heavy atom. The number of rotatable bonds is 7. The van der Waals surface area contributed by atoms with Gasteiger partial charge in [-0.25, -0.2) is 0 Å². The molecule has 0 amide bonds. The van der Waals surface area contributed by atoms with Gasteiger partial charge in [0.15, 0.2) is 0 Å². The molecule has 0 aromatic heterocycles. The predicted octanol–water partition coefficient (Wildman–Crippen LogP) is 1.93. The molecule has 2 heteroatoms. The number of aliphatic hydroxyl groups is 1. The normalized spacial score (nSPS) is 13.8. The number of hydrogen-bond donors (Lipinski definition) is 2. The van der Waals surface area contributed by atoms with E-state index in [9.17, 15) is 0 Å². The van der Waals surface area contributed by atoms with E-state index in [0.717, 1.165) is 0 Å². The van der Waals surface area contributed by atoms with Gasteiger partial charge in [-0.15, -0.1) is 0 Å². The lowest BCUT2D eigenvalue weighted by molar-refractivity contribution is 0.235. The van der Waals surface area contributed by atoms with Crippen LogP contribution in [0.2, 0.25) is 0 Å². The molecule has 0 spiro atoms. The summed E-state index contributed by atoms with van der Waals surface area (Å²) in [5, 5.41) is 12.3. The van der Waals surface area contributed by atoms with Gasteiger partial charge < -0.3 is 10.4 Å². The first-order valence-corrected chi connectivity index (χ1v) is 5.11. The van der Waals surface area contributed by atoms with Gasteiger partial charge in [-0.1, -0.05) is 26.7 Å². The van der Waals surface area contributed by atoms with Crippen LogP contribution in [0.25, 0.3) is 0 Å². The van der Waals surface area contributed by atoms with Crippen molar-refractivity contribution >= 4 is 0 Å². The molecule has 12 heavy (non-hydrogen) atoms. The summed E-state index contributed by atoms with van der Waals surface area (Å²) in [6.07, 6.45) is 4.88. The highest BCUT2D eigenvalue weighted by Crippen LogP contribution is 2.05. The molecule has 0 aliphatic rings. The molecular formula is C10H23NO. The van der Waals surface area contributed by atoms with Crippen molar-refractivity contribution in [1.29, 1.82) is 0 Å². The first-order valence-electron chi connectivity index (χ1n) is 5.11. The van der Waals surface area contributed by atoms with Gasteiger partial charge in [-0.2, -0.15) is 0 Å². The van der Waals surface area contributed by atoms with Gasteiger partial charge >= 0.3 is 0 Å². The molecule has 0 saturated heterocycles. The van der Waals surface area contributed by atoms with Crippen LogP contribution in [0, 0.1) is 0 Å². The van der Waals surface area contributed by atoms with E-state index in [1.54, 1.807) is 0 Å². The van der Waals surface area contributed by atoms with E-state index in [2.05, 4.69) is 19.2 Å². The molecule has 0 bridgehead atoms. The van der Waals surface area contributed by atoms with Gasteiger partial charge in [-0.3, -0.25) is 0 Å². The number of aliphatic hydroxyl groups excluding tert-OH is 1. The van der Waals surface area contributed by atoms with Crippen molar-refractivity contribution in [3.05, 3.63) is 0 Å². The average molecular weight is 173 g/mol. The summed E-state index contributed by atoms with van der Waals surface area (Å²) in [7, 11) is 0. The van der Waals surface area contributed by atoms with E-state index < -0.39 is 0 Å². The Morgan fingerprint density at radius 3 is 2.00 bits per heavy atom. The largest absolute Gasteiger partial charge is 0.395 e. The van der Waals surface area contributed by atoms with E-state index in [1.807, 2.05) is 6.92 Å². The molecule has 0 rings (SSSR count). The summed E-state index contributed by atoms with van der Waals surface area (Å²) >= 11 is 0. The second-order valence-electron chi connectivity index (χ2n) is 3.52. The fourth-order valence-electron chi connectivity index (χ4n) is 1.46. The molecule has 0 aromatic carbocycles. The number of nitrogens with one attached hydrogen (secondary N) is 1. The van der Waals surface area contributed by atoms with E-state index in [1.165, 1.54) is 25.7 Å². The summed E-state index contributed by atoms with van der Waals surface area (Å²) < 4.78 is 0. The van der Waals surface area contributed by atoms with Crippen molar-refractivity contribution in [1.82, 2.24) is 5.32 Å². The van der Waals surface area contributed by atoms with Gasteiger partial charge in [0, 0.05) is 12.1 Å². The van der Waals surface area contributed by atoms with E-state index in [4.69, 9.17) is 5.11 Å². The van der Waals surface area contributed by atoms with Crippen LogP contribution in [-0.4, -0.2) is 23.8 Å². The second kappa shape index (κ2) is 7.56. The summed E-state index contributed by atoms with van der Waals surface area (Å²) in [5.74, 6) is 0. The molecule has 2 nitrogen and oxygen atoms in total. The fourth-order valence-corrected chi connectivity index (χ4v) is 1.46. The lowest BCUT2D eigenvalue weighted by Crippen LogP contribution is -2.38. The minimum atomic E-state index is 0.240. The van der Waals surface area contributed by atoms with Crippen LogP contribution < -0.4 is 5.32 Å². The third kappa shape index (κ3) is 5.56. The Labute approximate surface area is 76.4 Å². The van der Waals surface area contributed by atoms with Crippen LogP contribution in [0.15, 0.2) is 0 Å². The maximum Gasteiger partial charge on any atom is 0.0582 e. The maximum absolute atomic E-state index is 8.86. The molecule has 0 aliphatic carbocycles. The summed E-state index contributed by atoms with van der Waals surface area (Å²) in [6, 6.07) is 0.843. The quantitative estimate of drug-likeness (QED) is 0.616. The van der Waals surface area contributed by atoms with Crippen LogP contribution in [0.3, 0.4) is 0 Å². The van der Waals surface area contributed by atoms with Gasteiger partial charge in [0.1, 0.15) is 0 Å². The minimum absolute atomic E-state index is 0.240. The zero-order valence-corrected chi connectivity index (χ0v) is 8.64. The predicted molar refractivity (Wildman–Crippen MR) is 53.3 cm³/mol. The van der Waals surface area contributed by atoms with Gasteiger partial charge in [0.25, 0.3) is 0 Å². The standard InChI is InChI=1S/C10H23NO/c1-4-6-10(7-5-2)11-9(3)8-12/h9-12H,4-8H2,1-3H3/t9-/m1/s1. The highest BCUT2D eigenvalue weighted by molar-refractivity contribution is 4.69. The van der Waals surface area contributed by atoms with Crippen molar-refractivity contribution in [3.8, 4) is 0 Å². The van der Waals surface area contributed by atoms with E-state index in [-0.39, 0.29) is 12.6 Å². The molecule has 0 radical (unpaired) electrons. The lowest BCUT2D eigenvalue weighted by Gasteiger charge is -2.21. The lowest BCUT2D eigenvalue weighted by atomic mass is 10.1. The highest BCUT2D eigenvalue weighted by Gasteiger charge is 2.08. The van der Waals surface area contributed by atoms with Crippen molar-refractivity contribution in [2.45, 2.75) is 58.5 Å². The second-order valence-corrected chi connectivity index (χ2v) is 3.52. The highest BCUT2D eigenvalue weighted by atomic mass is 16.3. The smallest absolute Gasteiger partial charge is 0.0582 e. The Bertz CT molecular complexity index is 89.8. The van der Waals surface area contributed by atoms with Crippen LogP contribution in [0.4, 0.5) is 0 Å². The van der Waals surface area contributed by atoms with Crippen molar-refractivity contribution in [2.24, 2.45) is 0 Å². The Balaban J connectivity index is 3.61. The Kier molecular flexibility index (Phi) is 7.51. The SMILES string of the molecule is CCCC(CCC)N[C@H](C)CO. The molecule has 0 aromatic rings. The fraction of sp³-hybridized carbons (Fsp3) is 1.00. The van der Waals surface area contributed by atoms with Gasteiger partial charge in [0.05, 0.1) is 6.61 Å². The molecule has 0 aliphatic heterocycles. The molecule has 74 valence electrons. The number of hydrogen-bond acceptors (Lipinski definition) is 2. The van der Waals surface area contributed by atoms with Gasteiger partial charge in [-0.05, 0) is 19.8 Å². The average Bonchev–Trinajstić information content (AvgIpc) is 2.05. The van der Waals surface area contributed by atoms with Crippen LogP contribution in [0.1, 0.15) is 46.5 Å². The molecule has 1 atom stereocenters. The van der Waals surface area contributed by atoms with Crippen LogP contribution in [0.5, 0.6) is 0 Å². The zero-order chi connectivity index (χ0) is 9.40. The van der Waals surface area contributed by atoms with Crippen molar-refractivity contribution in [2.75, 3.05) is 6.61 Å². The third-order valence-corrected chi connectivity index (χ3v) is 2.07.